The molecule has 0 aliphatic heterocycles. The van der Waals surface area contributed by atoms with Gasteiger partial charge in [-0.15, -0.1) is 0 Å². The minimum atomic E-state index is -0.153. The number of halogens is 1. The van der Waals surface area contributed by atoms with E-state index in [4.69, 9.17) is 26.8 Å². The second kappa shape index (κ2) is 16.0. The third kappa shape index (κ3) is 10.5. The van der Waals surface area contributed by atoms with E-state index in [0.29, 0.717) is 28.6 Å². The first-order valence-electron chi connectivity index (χ1n) is 10.1. The van der Waals surface area contributed by atoms with Crippen LogP contribution < -0.4 is 31.2 Å². The van der Waals surface area contributed by atoms with Crippen molar-refractivity contribution in [2.75, 3.05) is 53.5 Å². The Labute approximate surface area is 179 Å². The number of rotatable bonds is 16. The van der Waals surface area contributed by atoms with E-state index in [2.05, 4.69) is 16.0 Å². The Morgan fingerprint density at radius 1 is 1.00 bits per heavy atom. The summed E-state index contributed by atoms with van der Waals surface area (Å²) >= 11 is 6.30. The fourth-order valence-corrected chi connectivity index (χ4v) is 2.96. The topological polar surface area (TPSA) is 97.6 Å². The second-order valence-electron chi connectivity index (χ2n) is 6.53. The van der Waals surface area contributed by atoms with Gasteiger partial charge >= 0.3 is 0 Å². The highest BCUT2D eigenvalue weighted by Gasteiger charge is 2.11. The van der Waals surface area contributed by atoms with Gasteiger partial charge in [-0.05, 0) is 82.2 Å². The van der Waals surface area contributed by atoms with Crippen LogP contribution >= 0.6 is 11.6 Å². The standard InChI is InChI=1S/C21H35ClN4O3/c1-28-18-9-7-17(20(22)21(18)29-2)8-10-19(27)26-16-6-15-25-13-4-3-12-24-14-5-11-23/h7-10,24-25H,3-6,11-16,23H2,1-2H3,(H,26,27). The minimum Gasteiger partial charge on any atom is -0.493 e. The van der Waals surface area contributed by atoms with E-state index in [0.717, 1.165) is 58.4 Å². The maximum Gasteiger partial charge on any atom is 0.244 e. The molecular formula is C21H35ClN4O3. The molecule has 164 valence electrons. The van der Waals surface area contributed by atoms with E-state index in [1.807, 2.05) is 0 Å². The number of methoxy groups -OCH3 is 2. The highest BCUT2D eigenvalue weighted by Crippen LogP contribution is 2.37. The first kappa shape index (κ1) is 25.2. The second-order valence-corrected chi connectivity index (χ2v) is 6.91. The molecule has 1 rings (SSSR count). The number of amides is 1. The van der Waals surface area contributed by atoms with Gasteiger partial charge in [-0.1, -0.05) is 11.6 Å². The number of carbonyl (C=O) groups is 1. The molecule has 1 amide bonds. The van der Waals surface area contributed by atoms with Crippen molar-refractivity contribution in [1.82, 2.24) is 16.0 Å². The van der Waals surface area contributed by atoms with Gasteiger partial charge in [0.25, 0.3) is 0 Å². The van der Waals surface area contributed by atoms with E-state index >= 15 is 0 Å². The van der Waals surface area contributed by atoms with Crippen LogP contribution in [0.3, 0.4) is 0 Å². The SMILES string of the molecule is COc1ccc(C=CC(=O)NCCCNCCCCNCCCN)c(Cl)c1OC. The molecule has 0 saturated carbocycles. The molecule has 0 unspecified atom stereocenters. The monoisotopic (exact) mass is 426 g/mol. The van der Waals surface area contributed by atoms with Gasteiger partial charge in [0.15, 0.2) is 11.5 Å². The summed E-state index contributed by atoms with van der Waals surface area (Å²) in [4.78, 5) is 12.0. The zero-order valence-electron chi connectivity index (χ0n) is 17.6. The Hall–Kier alpha value is -1.80. The minimum absolute atomic E-state index is 0.153. The summed E-state index contributed by atoms with van der Waals surface area (Å²) in [5.74, 6) is 0.850. The number of nitrogens with one attached hydrogen (secondary N) is 3. The largest absolute Gasteiger partial charge is 0.493 e. The van der Waals surface area contributed by atoms with Gasteiger partial charge in [0.1, 0.15) is 0 Å². The van der Waals surface area contributed by atoms with Gasteiger partial charge in [-0.3, -0.25) is 4.79 Å². The lowest BCUT2D eigenvalue weighted by atomic mass is 10.2. The van der Waals surface area contributed by atoms with Gasteiger partial charge in [-0.25, -0.2) is 0 Å². The zero-order chi connectivity index (χ0) is 21.3. The van der Waals surface area contributed by atoms with Crippen molar-refractivity contribution in [1.29, 1.82) is 0 Å². The van der Waals surface area contributed by atoms with Crippen LogP contribution in [0.2, 0.25) is 5.02 Å². The average molecular weight is 427 g/mol. The van der Waals surface area contributed by atoms with Gasteiger partial charge in [0.05, 0.1) is 19.2 Å². The first-order chi connectivity index (χ1) is 14.1. The molecular weight excluding hydrogens is 392 g/mol. The smallest absolute Gasteiger partial charge is 0.244 e. The van der Waals surface area contributed by atoms with Crippen molar-refractivity contribution in [2.24, 2.45) is 5.73 Å². The molecule has 5 N–H and O–H groups in total. The molecule has 0 bridgehead atoms. The summed E-state index contributed by atoms with van der Waals surface area (Å²) in [7, 11) is 3.08. The van der Waals surface area contributed by atoms with Crippen LogP contribution in [0.15, 0.2) is 18.2 Å². The van der Waals surface area contributed by atoms with E-state index in [1.54, 1.807) is 25.3 Å². The summed E-state index contributed by atoms with van der Waals surface area (Å²) in [6, 6.07) is 3.54. The lowest BCUT2D eigenvalue weighted by Gasteiger charge is -2.10. The Morgan fingerprint density at radius 2 is 1.66 bits per heavy atom. The fraction of sp³-hybridized carbons (Fsp3) is 0.571. The molecule has 0 radical (unpaired) electrons. The van der Waals surface area contributed by atoms with Gasteiger partial charge in [0.2, 0.25) is 5.91 Å². The van der Waals surface area contributed by atoms with Crippen LogP contribution in [0.25, 0.3) is 6.08 Å². The molecule has 0 atom stereocenters. The van der Waals surface area contributed by atoms with E-state index in [-0.39, 0.29) is 5.91 Å². The molecule has 1 aromatic carbocycles. The van der Waals surface area contributed by atoms with Crippen LogP contribution in [0.1, 0.15) is 31.2 Å². The molecule has 29 heavy (non-hydrogen) atoms. The zero-order valence-corrected chi connectivity index (χ0v) is 18.3. The van der Waals surface area contributed by atoms with Crippen molar-refractivity contribution in [3.63, 3.8) is 0 Å². The summed E-state index contributed by atoms with van der Waals surface area (Å²) in [6.45, 7) is 5.27. The predicted octanol–water partition coefficient (Wildman–Crippen LogP) is 2.18. The molecule has 1 aromatic rings. The summed E-state index contributed by atoms with van der Waals surface area (Å²) in [5, 5.41) is 10.0. The van der Waals surface area contributed by atoms with Crippen LogP contribution in [-0.2, 0) is 4.79 Å². The Morgan fingerprint density at radius 3 is 2.28 bits per heavy atom. The van der Waals surface area contributed by atoms with Gasteiger partial charge < -0.3 is 31.2 Å². The van der Waals surface area contributed by atoms with Gasteiger partial charge in [-0.2, -0.15) is 0 Å². The number of ether oxygens (including phenoxy) is 2. The van der Waals surface area contributed by atoms with Crippen LogP contribution in [0, 0.1) is 0 Å². The summed E-state index contributed by atoms with van der Waals surface area (Å²) < 4.78 is 10.5. The third-order valence-electron chi connectivity index (χ3n) is 4.27. The number of benzene rings is 1. The highest BCUT2D eigenvalue weighted by atomic mass is 35.5. The van der Waals surface area contributed by atoms with E-state index in [1.165, 1.54) is 13.2 Å². The van der Waals surface area contributed by atoms with Crippen LogP contribution in [-0.4, -0.2) is 59.4 Å². The van der Waals surface area contributed by atoms with Crippen molar-refractivity contribution in [3.8, 4) is 11.5 Å². The summed E-state index contributed by atoms with van der Waals surface area (Å²) in [5.41, 5.74) is 6.14. The van der Waals surface area contributed by atoms with Crippen LogP contribution in [0.5, 0.6) is 11.5 Å². The summed E-state index contributed by atoms with van der Waals surface area (Å²) in [6.07, 6.45) is 7.33. The molecule has 7 nitrogen and oxygen atoms in total. The first-order valence-corrected chi connectivity index (χ1v) is 10.5. The predicted molar refractivity (Wildman–Crippen MR) is 120 cm³/mol. The van der Waals surface area contributed by atoms with E-state index < -0.39 is 0 Å². The van der Waals surface area contributed by atoms with Gasteiger partial charge in [0, 0.05) is 12.6 Å². The molecule has 0 aliphatic carbocycles. The fourth-order valence-electron chi connectivity index (χ4n) is 2.66. The Balaban J connectivity index is 2.16. The Kier molecular flexibility index (Phi) is 14.0. The lowest BCUT2D eigenvalue weighted by molar-refractivity contribution is -0.116. The quantitative estimate of drug-likeness (QED) is 0.239. The van der Waals surface area contributed by atoms with Crippen LogP contribution in [0.4, 0.5) is 0 Å². The number of unbranched alkanes of at least 4 members (excludes halogenated alkanes) is 1. The molecule has 0 saturated heterocycles. The molecule has 0 fully saturated rings. The number of hydrogen-bond acceptors (Lipinski definition) is 6. The normalized spacial score (nSPS) is 11.0. The number of carbonyl (C=O) groups excluding carboxylic acids is 1. The molecule has 8 heteroatoms. The van der Waals surface area contributed by atoms with Crippen molar-refractivity contribution in [2.45, 2.75) is 25.7 Å². The molecule has 0 spiro atoms. The van der Waals surface area contributed by atoms with Crippen molar-refractivity contribution in [3.05, 3.63) is 28.8 Å². The molecule has 0 aliphatic rings. The van der Waals surface area contributed by atoms with Crippen molar-refractivity contribution >= 4 is 23.6 Å². The number of nitrogens with two attached hydrogens (primary N) is 1. The third-order valence-corrected chi connectivity index (χ3v) is 4.66. The maximum absolute atomic E-state index is 12.0. The maximum atomic E-state index is 12.0. The molecule has 0 aromatic heterocycles. The average Bonchev–Trinajstić information content (AvgIpc) is 2.73. The number of hydrogen-bond donors (Lipinski definition) is 4. The Bertz CT molecular complexity index is 626. The van der Waals surface area contributed by atoms with Crippen molar-refractivity contribution < 1.29 is 14.3 Å². The molecule has 0 heterocycles. The lowest BCUT2D eigenvalue weighted by Crippen LogP contribution is -2.26. The van der Waals surface area contributed by atoms with E-state index in [9.17, 15) is 4.79 Å². The highest BCUT2D eigenvalue weighted by molar-refractivity contribution is 6.33.